The number of piperazine rings is 1. The van der Waals surface area contributed by atoms with Crippen LogP contribution in [0.15, 0.2) is 30.3 Å². The molecule has 2 fully saturated rings. The first-order valence-electron chi connectivity index (χ1n) is 8.48. The van der Waals surface area contributed by atoms with Gasteiger partial charge in [-0.3, -0.25) is 9.80 Å². The largest absolute Gasteiger partial charge is 0.299 e. The molecule has 2 heterocycles. The molecule has 128 valence electrons. The zero-order chi connectivity index (χ0) is 16.3. The fourth-order valence-electron chi connectivity index (χ4n) is 3.67. The summed E-state index contributed by atoms with van der Waals surface area (Å²) in [6.45, 7) is 6.21. The van der Waals surface area contributed by atoms with Crippen LogP contribution in [-0.2, 0) is 16.6 Å². The van der Waals surface area contributed by atoms with Crippen molar-refractivity contribution in [2.24, 2.45) is 0 Å². The highest BCUT2D eigenvalue weighted by atomic mass is 32.2. The summed E-state index contributed by atoms with van der Waals surface area (Å²) in [6.07, 6.45) is 3.82. The second-order valence-electron chi connectivity index (χ2n) is 6.71. The van der Waals surface area contributed by atoms with Gasteiger partial charge in [0.2, 0.25) is 10.0 Å². The van der Waals surface area contributed by atoms with Gasteiger partial charge in [-0.2, -0.15) is 4.31 Å². The van der Waals surface area contributed by atoms with E-state index in [9.17, 15) is 8.42 Å². The Morgan fingerprint density at radius 1 is 1.04 bits per heavy atom. The van der Waals surface area contributed by atoms with Crippen LogP contribution in [-0.4, -0.2) is 74.1 Å². The maximum absolute atomic E-state index is 11.6. The average molecular weight is 337 g/mol. The molecule has 3 rings (SSSR count). The van der Waals surface area contributed by atoms with E-state index >= 15 is 0 Å². The lowest BCUT2D eigenvalue weighted by Gasteiger charge is -2.36. The molecule has 0 aromatic heterocycles. The van der Waals surface area contributed by atoms with Gasteiger partial charge in [0.25, 0.3) is 0 Å². The Kier molecular flexibility index (Phi) is 5.36. The van der Waals surface area contributed by atoms with Crippen molar-refractivity contribution < 1.29 is 8.42 Å². The van der Waals surface area contributed by atoms with E-state index in [1.807, 2.05) is 0 Å². The quantitative estimate of drug-likeness (QED) is 0.811. The molecule has 0 bridgehead atoms. The Balaban J connectivity index is 1.52. The van der Waals surface area contributed by atoms with Crippen molar-refractivity contribution in [2.75, 3.05) is 45.5 Å². The van der Waals surface area contributed by atoms with Crippen molar-refractivity contribution in [2.45, 2.75) is 25.4 Å². The van der Waals surface area contributed by atoms with Crippen molar-refractivity contribution >= 4 is 10.0 Å². The molecule has 0 aliphatic carbocycles. The van der Waals surface area contributed by atoms with Gasteiger partial charge in [-0.15, -0.1) is 0 Å². The van der Waals surface area contributed by atoms with Gasteiger partial charge in [0.05, 0.1) is 6.26 Å². The third-order valence-corrected chi connectivity index (χ3v) is 6.30. The molecule has 1 aromatic carbocycles. The van der Waals surface area contributed by atoms with E-state index < -0.39 is 10.0 Å². The first-order valence-corrected chi connectivity index (χ1v) is 10.3. The third kappa shape index (κ3) is 4.53. The van der Waals surface area contributed by atoms with Gasteiger partial charge in [-0.05, 0) is 24.9 Å². The molecule has 0 amide bonds. The second kappa shape index (κ2) is 7.30. The Morgan fingerprint density at radius 3 is 2.39 bits per heavy atom. The first-order chi connectivity index (χ1) is 11.0. The number of rotatable bonds is 5. The van der Waals surface area contributed by atoms with E-state index in [0.717, 1.165) is 26.2 Å². The van der Waals surface area contributed by atoms with E-state index in [-0.39, 0.29) is 0 Å². The van der Waals surface area contributed by atoms with Crippen LogP contribution in [0.3, 0.4) is 0 Å². The molecule has 1 atom stereocenters. The summed E-state index contributed by atoms with van der Waals surface area (Å²) in [6, 6.07) is 11.3. The minimum atomic E-state index is -3.03. The molecule has 5 nitrogen and oxygen atoms in total. The van der Waals surface area contributed by atoms with Crippen LogP contribution in [0.4, 0.5) is 0 Å². The van der Waals surface area contributed by atoms with Gasteiger partial charge in [-0.25, -0.2) is 8.42 Å². The highest BCUT2D eigenvalue weighted by Gasteiger charge is 2.29. The molecule has 0 saturated carbocycles. The molecular formula is C17H27N3O2S. The number of likely N-dealkylation sites (tertiary alicyclic amines) is 1. The van der Waals surface area contributed by atoms with Crippen LogP contribution < -0.4 is 0 Å². The van der Waals surface area contributed by atoms with Crippen molar-refractivity contribution in [3.8, 4) is 0 Å². The van der Waals surface area contributed by atoms with Crippen molar-refractivity contribution in [1.82, 2.24) is 14.1 Å². The van der Waals surface area contributed by atoms with Gasteiger partial charge in [0.15, 0.2) is 0 Å². The van der Waals surface area contributed by atoms with E-state index in [4.69, 9.17) is 0 Å². The number of hydrogen-bond donors (Lipinski definition) is 0. The highest BCUT2D eigenvalue weighted by Crippen LogP contribution is 2.21. The SMILES string of the molecule is CS(=O)(=O)N1CCN(C[C@H]2CCCN2Cc2ccccc2)CC1. The molecule has 2 aliphatic heterocycles. The maximum atomic E-state index is 11.6. The minimum absolute atomic E-state index is 0.597. The smallest absolute Gasteiger partial charge is 0.211 e. The maximum Gasteiger partial charge on any atom is 0.211 e. The number of benzene rings is 1. The van der Waals surface area contributed by atoms with E-state index in [0.29, 0.717) is 19.1 Å². The van der Waals surface area contributed by atoms with Crippen molar-refractivity contribution in [3.63, 3.8) is 0 Å². The summed E-state index contributed by atoms with van der Waals surface area (Å²) in [5.41, 5.74) is 1.38. The lowest BCUT2D eigenvalue weighted by Crippen LogP contribution is -2.51. The standard InChI is InChI=1S/C17H27N3O2S/c1-23(21,22)20-12-10-18(11-13-20)15-17-8-5-9-19(17)14-16-6-3-2-4-7-16/h2-4,6-7,17H,5,8-15H2,1H3/t17-/m1/s1. The van der Waals surface area contributed by atoms with Crippen LogP contribution in [0, 0.1) is 0 Å². The molecule has 0 N–H and O–H groups in total. The Labute approximate surface area is 139 Å². The summed E-state index contributed by atoms with van der Waals surface area (Å²) in [4.78, 5) is 5.01. The normalized spacial score (nSPS) is 25.0. The van der Waals surface area contributed by atoms with Crippen LogP contribution in [0.5, 0.6) is 0 Å². The van der Waals surface area contributed by atoms with E-state index in [1.54, 1.807) is 4.31 Å². The zero-order valence-corrected chi connectivity index (χ0v) is 14.7. The molecule has 0 spiro atoms. The molecule has 1 aromatic rings. The van der Waals surface area contributed by atoms with Crippen LogP contribution in [0.2, 0.25) is 0 Å². The molecular weight excluding hydrogens is 310 g/mol. The first kappa shape index (κ1) is 16.9. The van der Waals surface area contributed by atoms with Crippen molar-refractivity contribution in [3.05, 3.63) is 35.9 Å². The van der Waals surface area contributed by atoms with E-state index in [1.165, 1.54) is 31.2 Å². The molecule has 2 saturated heterocycles. The molecule has 0 radical (unpaired) electrons. The summed E-state index contributed by atoms with van der Waals surface area (Å²) in [5.74, 6) is 0. The molecule has 0 unspecified atom stereocenters. The molecule has 6 heteroatoms. The van der Waals surface area contributed by atoms with Crippen LogP contribution >= 0.6 is 0 Å². The number of sulfonamides is 1. The second-order valence-corrected chi connectivity index (χ2v) is 8.70. The predicted molar refractivity (Wildman–Crippen MR) is 92.7 cm³/mol. The van der Waals surface area contributed by atoms with Gasteiger partial charge >= 0.3 is 0 Å². The van der Waals surface area contributed by atoms with Gasteiger partial charge < -0.3 is 0 Å². The summed E-state index contributed by atoms with van der Waals surface area (Å²) < 4.78 is 24.8. The predicted octanol–water partition coefficient (Wildman–Crippen LogP) is 1.23. The fraction of sp³-hybridized carbons (Fsp3) is 0.647. The zero-order valence-electron chi connectivity index (χ0n) is 13.9. The topological polar surface area (TPSA) is 43.9 Å². The minimum Gasteiger partial charge on any atom is -0.299 e. The van der Waals surface area contributed by atoms with Crippen LogP contribution in [0.1, 0.15) is 18.4 Å². The lowest BCUT2D eigenvalue weighted by molar-refractivity contribution is 0.133. The summed E-state index contributed by atoms with van der Waals surface area (Å²) >= 11 is 0. The summed E-state index contributed by atoms with van der Waals surface area (Å²) in [5, 5.41) is 0. The van der Waals surface area contributed by atoms with Gasteiger partial charge in [0, 0.05) is 45.3 Å². The monoisotopic (exact) mass is 337 g/mol. The number of nitrogens with zero attached hydrogens (tertiary/aromatic N) is 3. The van der Waals surface area contributed by atoms with Crippen LogP contribution in [0.25, 0.3) is 0 Å². The van der Waals surface area contributed by atoms with Gasteiger partial charge in [0.1, 0.15) is 0 Å². The van der Waals surface area contributed by atoms with E-state index in [2.05, 4.69) is 40.1 Å². The molecule has 2 aliphatic rings. The summed E-state index contributed by atoms with van der Waals surface area (Å²) in [7, 11) is -3.03. The fourth-order valence-corrected chi connectivity index (χ4v) is 4.50. The van der Waals surface area contributed by atoms with Crippen molar-refractivity contribution in [1.29, 1.82) is 0 Å². The van der Waals surface area contributed by atoms with Gasteiger partial charge in [-0.1, -0.05) is 30.3 Å². The molecule has 23 heavy (non-hydrogen) atoms. The Hall–Kier alpha value is -0.950. The third-order valence-electron chi connectivity index (χ3n) is 5.00. The highest BCUT2D eigenvalue weighted by molar-refractivity contribution is 7.88. The Bertz CT molecular complexity index is 598. The Morgan fingerprint density at radius 2 is 1.74 bits per heavy atom. The number of hydrogen-bond acceptors (Lipinski definition) is 4. The lowest BCUT2D eigenvalue weighted by atomic mass is 10.1. The average Bonchev–Trinajstić information content (AvgIpc) is 2.95.